The highest BCUT2D eigenvalue weighted by molar-refractivity contribution is 7.91. The van der Waals surface area contributed by atoms with Gasteiger partial charge in [-0.15, -0.1) is 0 Å². The summed E-state index contributed by atoms with van der Waals surface area (Å²) in [6.07, 6.45) is 6.19. The van der Waals surface area contributed by atoms with Gasteiger partial charge in [0.1, 0.15) is 5.65 Å². The minimum absolute atomic E-state index is 0.108. The highest BCUT2D eigenvalue weighted by Crippen LogP contribution is 2.25. The normalized spacial score (nSPS) is 16.3. The SMILES string of the molecule is O=c1c2c(N3CCS(=O)(=O)CC3)cccc2cnn1CCc1cn2ccccc2n1. The summed E-state index contributed by atoms with van der Waals surface area (Å²) in [6, 6.07) is 11.4. The second-order valence-electron chi connectivity index (χ2n) is 7.50. The van der Waals surface area contributed by atoms with Gasteiger partial charge in [0.25, 0.3) is 5.56 Å². The van der Waals surface area contributed by atoms with Gasteiger partial charge in [0.05, 0.1) is 41.0 Å². The lowest BCUT2D eigenvalue weighted by atomic mass is 10.1. The van der Waals surface area contributed by atoms with E-state index < -0.39 is 9.84 Å². The van der Waals surface area contributed by atoms with E-state index in [9.17, 15) is 13.2 Å². The summed E-state index contributed by atoms with van der Waals surface area (Å²) in [6.45, 7) is 1.20. The lowest BCUT2D eigenvalue weighted by molar-refractivity contribution is 0.579. The fraction of sp³-hybridized carbons (Fsp3) is 0.286. The van der Waals surface area contributed by atoms with Crippen LogP contribution >= 0.6 is 0 Å². The zero-order chi connectivity index (χ0) is 20.7. The van der Waals surface area contributed by atoms with E-state index in [2.05, 4.69) is 10.1 Å². The third kappa shape index (κ3) is 3.45. The summed E-state index contributed by atoms with van der Waals surface area (Å²) in [5.41, 5.74) is 2.37. The molecule has 4 heterocycles. The van der Waals surface area contributed by atoms with E-state index in [1.165, 1.54) is 4.68 Å². The largest absolute Gasteiger partial charge is 0.369 e. The number of fused-ring (bicyclic) bond motifs is 2. The van der Waals surface area contributed by atoms with Crippen LogP contribution in [0.5, 0.6) is 0 Å². The molecule has 0 radical (unpaired) electrons. The van der Waals surface area contributed by atoms with Crippen molar-refractivity contribution in [3.8, 4) is 0 Å². The van der Waals surface area contributed by atoms with Crippen molar-refractivity contribution >= 4 is 31.9 Å². The number of hydrogen-bond acceptors (Lipinski definition) is 6. The standard InChI is InChI=1S/C21H21N5O3S/c27-21-20-16(4-3-5-18(20)24-10-12-30(28,29)13-11-24)14-22-26(21)9-7-17-15-25-8-2-1-6-19(25)23-17/h1-6,8,14-15H,7,9-13H2. The second kappa shape index (κ2) is 7.24. The minimum Gasteiger partial charge on any atom is -0.369 e. The molecule has 0 aliphatic carbocycles. The van der Waals surface area contributed by atoms with Gasteiger partial charge in [-0.25, -0.2) is 18.1 Å². The van der Waals surface area contributed by atoms with Gasteiger partial charge < -0.3 is 9.30 Å². The van der Waals surface area contributed by atoms with Crippen molar-refractivity contribution in [2.24, 2.45) is 0 Å². The van der Waals surface area contributed by atoms with Crippen LogP contribution in [-0.4, -0.2) is 52.2 Å². The number of imidazole rings is 1. The van der Waals surface area contributed by atoms with E-state index in [0.29, 0.717) is 31.4 Å². The van der Waals surface area contributed by atoms with Gasteiger partial charge >= 0.3 is 0 Å². The summed E-state index contributed by atoms with van der Waals surface area (Å²) in [7, 11) is -2.99. The Labute approximate surface area is 173 Å². The lowest BCUT2D eigenvalue weighted by Crippen LogP contribution is -2.41. The first kappa shape index (κ1) is 18.8. The third-order valence-corrected chi connectivity index (χ3v) is 7.15. The molecule has 3 aromatic heterocycles. The summed E-state index contributed by atoms with van der Waals surface area (Å²) < 4.78 is 27.0. The van der Waals surface area contributed by atoms with Crippen molar-refractivity contribution in [3.05, 3.63) is 71.0 Å². The number of sulfone groups is 1. The zero-order valence-electron chi connectivity index (χ0n) is 16.3. The number of benzene rings is 1. The Kier molecular flexibility index (Phi) is 4.54. The van der Waals surface area contributed by atoms with E-state index in [1.807, 2.05) is 58.1 Å². The maximum absolute atomic E-state index is 13.2. The number of anilines is 1. The van der Waals surface area contributed by atoms with Gasteiger partial charge in [-0.1, -0.05) is 18.2 Å². The first-order valence-corrected chi connectivity index (χ1v) is 11.7. The van der Waals surface area contributed by atoms with E-state index in [-0.39, 0.29) is 17.1 Å². The van der Waals surface area contributed by atoms with Crippen LogP contribution in [0.3, 0.4) is 0 Å². The highest BCUT2D eigenvalue weighted by atomic mass is 32.2. The molecule has 0 atom stereocenters. The molecule has 1 aliphatic heterocycles. The molecule has 0 saturated carbocycles. The lowest BCUT2D eigenvalue weighted by Gasteiger charge is -2.29. The molecule has 0 bridgehead atoms. The zero-order valence-corrected chi connectivity index (χ0v) is 17.1. The van der Waals surface area contributed by atoms with E-state index in [0.717, 1.165) is 22.4 Å². The number of aryl methyl sites for hydroxylation is 2. The number of nitrogens with zero attached hydrogens (tertiary/aromatic N) is 5. The van der Waals surface area contributed by atoms with Gasteiger partial charge in [-0.2, -0.15) is 5.10 Å². The van der Waals surface area contributed by atoms with Crippen LogP contribution in [0.25, 0.3) is 16.4 Å². The Morgan fingerprint density at radius 1 is 1.03 bits per heavy atom. The molecule has 0 N–H and O–H groups in total. The van der Waals surface area contributed by atoms with Crippen LogP contribution in [0.1, 0.15) is 5.69 Å². The van der Waals surface area contributed by atoms with E-state index in [4.69, 9.17) is 0 Å². The van der Waals surface area contributed by atoms with Crippen LogP contribution < -0.4 is 10.5 Å². The van der Waals surface area contributed by atoms with Gasteiger partial charge in [0.2, 0.25) is 0 Å². The minimum atomic E-state index is -2.99. The number of aromatic nitrogens is 4. The predicted octanol–water partition coefficient (Wildman–Crippen LogP) is 1.52. The molecule has 0 unspecified atom stereocenters. The van der Waals surface area contributed by atoms with Gasteiger partial charge in [0.15, 0.2) is 9.84 Å². The van der Waals surface area contributed by atoms with E-state index >= 15 is 0 Å². The molecule has 1 aromatic carbocycles. The van der Waals surface area contributed by atoms with Gasteiger partial charge in [-0.05, 0) is 18.2 Å². The molecule has 9 heteroatoms. The molecule has 1 saturated heterocycles. The molecule has 154 valence electrons. The molecular formula is C21H21N5O3S. The van der Waals surface area contributed by atoms with Crippen molar-refractivity contribution in [2.45, 2.75) is 13.0 Å². The molecule has 8 nitrogen and oxygen atoms in total. The van der Waals surface area contributed by atoms with Crippen LogP contribution in [0.15, 0.2) is 59.8 Å². The van der Waals surface area contributed by atoms with Crippen molar-refractivity contribution in [1.29, 1.82) is 0 Å². The number of hydrogen-bond donors (Lipinski definition) is 0. The Morgan fingerprint density at radius 3 is 2.67 bits per heavy atom. The van der Waals surface area contributed by atoms with Crippen LogP contribution in [0.4, 0.5) is 5.69 Å². The Balaban J connectivity index is 1.46. The first-order valence-electron chi connectivity index (χ1n) is 9.87. The van der Waals surface area contributed by atoms with Gasteiger partial charge in [-0.3, -0.25) is 4.79 Å². The monoisotopic (exact) mass is 423 g/mol. The van der Waals surface area contributed by atoms with Crippen molar-refractivity contribution in [1.82, 2.24) is 19.2 Å². The Morgan fingerprint density at radius 2 is 1.87 bits per heavy atom. The summed E-state index contributed by atoms with van der Waals surface area (Å²) >= 11 is 0. The number of pyridine rings is 1. The summed E-state index contributed by atoms with van der Waals surface area (Å²) in [5.74, 6) is 0.215. The maximum atomic E-state index is 13.2. The fourth-order valence-corrected chi connectivity index (χ4v) is 5.12. The molecule has 5 rings (SSSR count). The van der Waals surface area contributed by atoms with Crippen molar-refractivity contribution < 1.29 is 8.42 Å². The Bertz CT molecular complexity index is 1360. The molecule has 30 heavy (non-hydrogen) atoms. The average Bonchev–Trinajstić information content (AvgIpc) is 3.16. The first-order chi connectivity index (χ1) is 14.5. The predicted molar refractivity (Wildman–Crippen MR) is 116 cm³/mol. The smallest absolute Gasteiger partial charge is 0.276 e. The summed E-state index contributed by atoms with van der Waals surface area (Å²) in [5, 5.41) is 5.68. The highest BCUT2D eigenvalue weighted by Gasteiger charge is 2.24. The van der Waals surface area contributed by atoms with Gasteiger partial charge in [0, 0.05) is 37.3 Å². The van der Waals surface area contributed by atoms with Crippen molar-refractivity contribution in [2.75, 3.05) is 29.5 Å². The molecule has 4 aromatic rings. The fourth-order valence-electron chi connectivity index (χ4n) is 3.92. The molecule has 0 amide bonds. The molecular weight excluding hydrogens is 402 g/mol. The molecule has 1 aliphatic rings. The average molecular weight is 423 g/mol. The topological polar surface area (TPSA) is 89.6 Å². The second-order valence-corrected chi connectivity index (χ2v) is 9.81. The molecule has 0 spiro atoms. The third-order valence-electron chi connectivity index (χ3n) is 5.54. The van der Waals surface area contributed by atoms with Crippen LogP contribution in [0.2, 0.25) is 0 Å². The Hall–Kier alpha value is -3.20. The number of rotatable bonds is 4. The summed E-state index contributed by atoms with van der Waals surface area (Å²) in [4.78, 5) is 19.8. The van der Waals surface area contributed by atoms with E-state index in [1.54, 1.807) is 6.20 Å². The molecule has 1 fully saturated rings. The van der Waals surface area contributed by atoms with Crippen LogP contribution in [0, 0.1) is 0 Å². The van der Waals surface area contributed by atoms with Crippen LogP contribution in [-0.2, 0) is 22.8 Å². The maximum Gasteiger partial charge on any atom is 0.276 e. The quantitative estimate of drug-likeness (QED) is 0.494. The van der Waals surface area contributed by atoms with Crippen molar-refractivity contribution in [3.63, 3.8) is 0 Å².